The molecule has 0 spiro atoms. The molecule has 1 fully saturated rings. The van der Waals surface area contributed by atoms with Gasteiger partial charge in [0, 0.05) is 31.5 Å². The van der Waals surface area contributed by atoms with E-state index in [9.17, 15) is 14.0 Å². The van der Waals surface area contributed by atoms with E-state index in [1.165, 1.54) is 23.9 Å². The van der Waals surface area contributed by atoms with E-state index in [1.54, 1.807) is 41.4 Å². The van der Waals surface area contributed by atoms with Gasteiger partial charge in [0.2, 0.25) is 5.91 Å². The topological polar surface area (TPSA) is 64.4 Å². The van der Waals surface area contributed by atoms with Gasteiger partial charge in [-0.25, -0.2) is 14.2 Å². The maximum absolute atomic E-state index is 13.3. The smallest absolute Gasteiger partial charge is 0.338 e. The van der Waals surface area contributed by atoms with Gasteiger partial charge in [-0.3, -0.25) is 9.69 Å². The van der Waals surface area contributed by atoms with Gasteiger partial charge < -0.3 is 9.30 Å². The third-order valence-corrected chi connectivity index (χ3v) is 6.41. The zero-order valence-corrected chi connectivity index (χ0v) is 18.1. The highest BCUT2D eigenvalue weighted by Gasteiger charge is 2.35. The number of anilines is 1. The summed E-state index contributed by atoms with van der Waals surface area (Å²) in [7, 11) is 1.89. The van der Waals surface area contributed by atoms with Gasteiger partial charge in [0.05, 0.1) is 17.9 Å². The van der Waals surface area contributed by atoms with Crippen molar-refractivity contribution in [1.29, 1.82) is 0 Å². The average molecular weight is 440 g/mol. The van der Waals surface area contributed by atoms with E-state index in [4.69, 9.17) is 4.74 Å². The Bertz CT molecular complexity index is 1110. The fraction of sp³-hybridized carbons (Fsp3) is 0.261. The molecule has 0 bridgehead atoms. The molecule has 0 saturated carbocycles. The van der Waals surface area contributed by atoms with Gasteiger partial charge in [-0.05, 0) is 48.4 Å². The van der Waals surface area contributed by atoms with Crippen LogP contribution in [0.1, 0.15) is 32.7 Å². The number of ether oxygens (including phenoxy) is 1. The van der Waals surface area contributed by atoms with Crippen molar-refractivity contribution >= 4 is 29.3 Å². The summed E-state index contributed by atoms with van der Waals surface area (Å²) in [4.78, 5) is 31.0. The largest absolute Gasteiger partial charge is 0.462 e. The average Bonchev–Trinajstić information content (AvgIpc) is 3.34. The molecular formula is C23H22FN3O3S. The summed E-state index contributed by atoms with van der Waals surface area (Å²) in [5.74, 6) is 0.440. The summed E-state index contributed by atoms with van der Waals surface area (Å²) in [6, 6.07) is 11.4. The molecule has 2 aromatic carbocycles. The summed E-state index contributed by atoms with van der Waals surface area (Å²) in [5.41, 5.74) is 2.81. The van der Waals surface area contributed by atoms with Crippen LogP contribution in [0, 0.1) is 12.7 Å². The minimum absolute atomic E-state index is 0.0205. The van der Waals surface area contributed by atoms with Gasteiger partial charge in [0.1, 0.15) is 17.0 Å². The quantitative estimate of drug-likeness (QED) is 0.543. The number of aryl methyl sites for hydroxylation is 2. The van der Waals surface area contributed by atoms with Crippen molar-refractivity contribution in [2.45, 2.75) is 18.7 Å². The molecule has 1 amide bonds. The fourth-order valence-corrected chi connectivity index (χ4v) is 4.74. The lowest BCUT2D eigenvalue weighted by atomic mass is 10.1. The Morgan fingerprint density at radius 3 is 2.71 bits per heavy atom. The number of hydrogen-bond acceptors (Lipinski definition) is 5. The first-order valence-corrected chi connectivity index (χ1v) is 10.9. The maximum atomic E-state index is 13.3. The van der Waals surface area contributed by atoms with Crippen molar-refractivity contribution in [1.82, 2.24) is 9.55 Å². The zero-order valence-electron chi connectivity index (χ0n) is 17.2. The lowest BCUT2D eigenvalue weighted by molar-refractivity contribution is -0.115. The van der Waals surface area contributed by atoms with Crippen LogP contribution in [0.4, 0.5) is 10.1 Å². The molecule has 1 aliphatic heterocycles. The molecule has 6 nitrogen and oxygen atoms in total. The van der Waals surface area contributed by atoms with E-state index < -0.39 is 5.97 Å². The maximum Gasteiger partial charge on any atom is 0.338 e. The summed E-state index contributed by atoms with van der Waals surface area (Å²) in [6.07, 6.45) is 4.08. The van der Waals surface area contributed by atoms with Crippen LogP contribution in [0.15, 0.2) is 54.9 Å². The number of imidazole rings is 1. The van der Waals surface area contributed by atoms with Crippen LogP contribution >= 0.6 is 11.8 Å². The van der Waals surface area contributed by atoms with Crippen LogP contribution in [0.2, 0.25) is 0 Å². The summed E-state index contributed by atoms with van der Waals surface area (Å²) < 4.78 is 20.6. The predicted octanol–water partition coefficient (Wildman–Crippen LogP) is 4.05. The van der Waals surface area contributed by atoms with E-state index in [1.807, 2.05) is 24.7 Å². The number of rotatable bonds is 6. The normalized spacial score (nSPS) is 16.0. The van der Waals surface area contributed by atoms with Crippen molar-refractivity contribution in [2.24, 2.45) is 7.05 Å². The highest BCUT2D eigenvalue weighted by atomic mass is 32.2. The Morgan fingerprint density at radius 2 is 2.03 bits per heavy atom. The van der Waals surface area contributed by atoms with Gasteiger partial charge >= 0.3 is 5.97 Å². The second kappa shape index (κ2) is 8.93. The highest BCUT2D eigenvalue weighted by molar-refractivity contribution is 8.00. The van der Waals surface area contributed by atoms with E-state index in [-0.39, 0.29) is 23.7 Å². The third-order valence-electron chi connectivity index (χ3n) is 5.19. The summed E-state index contributed by atoms with van der Waals surface area (Å²) in [5, 5.41) is -0.234. The Labute approximate surface area is 184 Å². The van der Waals surface area contributed by atoms with Crippen LogP contribution in [0.3, 0.4) is 0 Å². The van der Waals surface area contributed by atoms with E-state index in [0.717, 1.165) is 22.6 Å². The number of nitrogens with zero attached hydrogens (tertiary/aromatic N) is 3. The molecular weight excluding hydrogens is 417 g/mol. The van der Waals surface area contributed by atoms with Crippen LogP contribution in [-0.4, -0.2) is 33.8 Å². The van der Waals surface area contributed by atoms with Crippen molar-refractivity contribution < 1.29 is 18.7 Å². The zero-order chi connectivity index (χ0) is 22.0. The molecule has 0 aliphatic carbocycles. The van der Waals surface area contributed by atoms with Crippen LogP contribution in [-0.2, 0) is 23.0 Å². The first-order chi connectivity index (χ1) is 14.9. The number of carbonyl (C=O) groups is 2. The van der Waals surface area contributed by atoms with Crippen LogP contribution < -0.4 is 4.90 Å². The van der Waals surface area contributed by atoms with Crippen molar-refractivity contribution in [3.8, 4) is 0 Å². The SMILES string of the molecule is Cc1cc(C(=O)OCCc2nccn2C)ccc1N1C(=O)CSC1c1ccc(F)cc1. The van der Waals surface area contributed by atoms with Crippen molar-refractivity contribution in [2.75, 3.05) is 17.3 Å². The number of benzene rings is 2. The molecule has 4 rings (SSSR count). The Morgan fingerprint density at radius 1 is 1.26 bits per heavy atom. The second-order valence-electron chi connectivity index (χ2n) is 7.32. The molecule has 1 aromatic heterocycles. The number of esters is 1. The molecule has 2 heterocycles. The third kappa shape index (κ3) is 4.49. The van der Waals surface area contributed by atoms with Gasteiger partial charge in [0.25, 0.3) is 0 Å². The lowest BCUT2D eigenvalue weighted by Crippen LogP contribution is -2.28. The number of carbonyl (C=O) groups excluding carboxylic acids is 2. The number of halogens is 1. The van der Waals surface area contributed by atoms with Gasteiger partial charge in [0.15, 0.2) is 0 Å². The van der Waals surface area contributed by atoms with Gasteiger partial charge in [-0.15, -0.1) is 11.8 Å². The molecule has 160 valence electrons. The Hall–Kier alpha value is -3.13. The van der Waals surface area contributed by atoms with Crippen molar-refractivity contribution in [3.63, 3.8) is 0 Å². The molecule has 1 saturated heterocycles. The molecule has 0 radical (unpaired) electrons. The fourth-order valence-electron chi connectivity index (χ4n) is 3.57. The van der Waals surface area contributed by atoms with Crippen LogP contribution in [0.5, 0.6) is 0 Å². The first-order valence-electron chi connectivity index (χ1n) is 9.87. The minimum Gasteiger partial charge on any atom is -0.462 e. The van der Waals surface area contributed by atoms with Crippen molar-refractivity contribution in [3.05, 3.63) is 83.2 Å². The first kappa shape index (κ1) is 21.1. The number of amides is 1. The molecule has 1 unspecified atom stereocenters. The molecule has 1 atom stereocenters. The standard InChI is InChI=1S/C23H22FN3O3S/c1-15-13-17(23(29)30-12-9-20-25-10-11-26(20)2)5-8-19(15)27-21(28)14-31-22(27)16-3-6-18(24)7-4-16/h3-8,10-11,13,22H,9,12,14H2,1-2H3. The number of thioether (sulfide) groups is 1. The number of hydrogen-bond donors (Lipinski definition) is 0. The Kier molecular flexibility index (Phi) is 6.08. The van der Waals surface area contributed by atoms with E-state index >= 15 is 0 Å². The highest BCUT2D eigenvalue weighted by Crippen LogP contribution is 2.42. The molecule has 0 N–H and O–H groups in total. The molecule has 1 aliphatic rings. The Balaban J connectivity index is 1.48. The summed E-state index contributed by atoms with van der Waals surface area (Å²) >= 11 is 1.50. The number of aromatic nitrogens is 2. The van der Waals surface area contributed by atoms with Crippen LogP contribution in [0.25, 0.3) is 0 Å². The second-order valence-corrected chi connectivity index (χ2v) is 8.39. The summed E-state index contributed by atoms with van der Waals surface area (Å²) in [6.45, 7) is 2.09. The molecule has 3 aromatic rings. The van der Waals surface area contributed by atoms with Gasteiger partial charge in [-0.2, -0.15) is 0 Å². The monoisotopic (exact) mass is 439 g/mol. The predicted molar refractivity (Wildman–Crippen MR) is 117 cm³/mol. The molecule has 31 heavy (non-hydrogen) atoms. The minimum atomic E-state index is -0.416. The van der Waals surface area contributed by atoms with E-state index in [0.29, 0.717) is 17.7 Å². The van der Waals surface area contributed by atoms with E-state index in [2.05, 4.69) is 4.98 Å². The van der Waals surface area contributed by atoms with Gasteiger partial charge in [-0.1, -0.05) is 12.1 Å². The lowest BCUT2D eigenvalue weighted by Gasteiger charge is -2.26. The molecule has 8 heteroatoms.